The van der Waals surface area contributed by atoms with Gasteiger partial charge in [0.1, 0.15) is 5.82 Å². The highest BCUT2D eigenvalue weighted by atomic mass is 16.1. The lowest BCUT2D eigenvalue weighted by molar-refractivity contribution is -0.122. The first kappa shape index (κ1) is 17.7. The van der Waals surface area contributed by atoms with Crippen molar-refractivity contribution in [1.29, 1.82) is 0 Å². The van der Waals surface area contributed by atoms with E-state index in [-0.39, 0.29) is 5.91 Å². The lowest BCUT2D eigenvalue weighted by atomic mass is 10.0. The van der Waals surface area contributed by atoms with Crippen molar-refractivity contribution in [2.24, 2.45) is 0 Å². The molecule has 1 saturated heterocycles. The Hall–Kier alpha value is -2.66. The number of piperidine rings is 1. The van der Waals surface area contributed by atoms with Crippen LogP contribution in [0.2, 0.25) is 0 Å². The van der Waals surface area contributed by atoms with Crippen molar-refractivity contribution < 1.29 is 4.79 Å². The Morgan fingerprint density at radius 1 is 1.07 bits per heavy atom. The summed E-state index contributed by atoms with van der Waals surface area (Å²) in [5.41, 5.74) is 3.34. The third kappa shape index (κ3) is 4.74. The summed E-state index contributed by atoms with van der Waals surface area (Å²) in [6.07, 6.45) is 3.16. The molecule has 2 aromatic carbocycles. The number of hydrogen-bond acceptors (Lipinski definition) is 3. The number of nitrogens with zero attached hydrogens (tertiary/aromatic N) is 2. The van der Waals surface area contributed by atoms with Crippen LogP contribution in [0.15, 0.2) is 54.6 Å². The van der Waals surface area contributed by atoms with Crippen LogP contribution in [-0.4, -0.2) is 39.9 Å². The third-order valence-corrected chi connectivity index (χ3v) is 5.23. The van der Waals surface area contributed by atoms with Gasteiger partial charge in [0.15, 0.2) is 0 Å². The number of carbonyl (C=O) groups is 1. The average Bonchev–Trinajstić information content (AvgIpc) is 3.12. The Kier molecular flexibility index (Phi) is 5.49. The fourth-order valence-corrected chi connectivity index (χ4v) is 3.73. The molecule has 0 unspecified atom stereocenters. The Bertz CT molecular complexity index is 848. The molecule has 0 atom stereocenters. The van der Waals surface area contributed by atoms with Crippen molar-refractivity contribution in [3.05, 3.63) is 66.0 Å². The minimum Gasteiger partial charge on any atom is -0.353 e. The van der Waals surface area contributed by atoms with Gasteiger partial charge in [0.05, 0.1) is 11.0 Å². The summed E-state index contributed by atoms with van der Waals surface area (Å²) < 4.78 is 0. The van der Waals surface area contributed by atoms with Gasteiger partial charge in [0, 0.05) is 38.5 Å². The molecule has 4 rings (SSSR count). The topological polar surface area (TPSA) is 61.0 Å². The second-order valence-electron chi connectivity index (χ2n) is 7.30. The van der Waals surface area contributed by atoms with E-state index < -0.39 is 0 Å². The SMILES string of the molecule is O=C(CCc1nc2ccccc2[nH]1)NC1CCN(Cc2ccccc2)CC1. The number of aromatic nitrogens is 2. The molecule has 140 valence electrons. The second-order valence-corrected chi connectivity index (χ2v) is 7.30. The van der Waals surface area contributed by atoms with Crippen LogP contribution in [0.3, 0.4) is 0 Å². The quantitative estimate of drug-likeness (QED) is 0.707. The largest absolute Gasteiger partial charge is 0.353 e. The Labute approximate surface area is 159 Å². The molecule has 1 fully saturated rings. The first-order chi connectivity index (χ1) is 13.3. The number of rotatable bonds is 6. The fourth-order valence-electron chi connectivity index (χ4n) is 3.73. The van der Waals surface area contributed by atoms with Gasteiger partial charge < -0.3 is 10.3 Å². The van der Waals surface area contributed by atoms with Crippen molar-refractivity contribution in [3.8, 4) is 0 Å². The maximum atomic E-state index is 12.3. The lowest BCUT2D eigenvalue weighted by Gasteiger charge is -2.32. The lowest BCUT2D eigenvalue weighted by Crippen LogP contribution is -2.44. The van der Waals surface area contributed by atoms with Crippen LogP contribution in [0.25, 0.3) is 11.0 Å². The van der Waals surface area contributed by atoms with E-state index >= 15 is 0 Å². The van der Waals surface area contributed by atoms with E-state index in [0.29, 0.717) is 18.9 Å². The zero-order valence-electron chi connectivity index (χ0n) is 15.5. The number of aromatic amines is 1. The maximum absolute atomic E-state index is 12.3. The van der Waals surface area contributed by atoms with Crippen LogP contribution in [-0.2, 0) is 17.8 Å². The van der Waals surface area contributed by atoms with Gasteiger partial charge in [0.25, 0.3) is 0 Å². The van der Waals surface area contributed by atoms with Crippen molar-refractivity contribution in [1.82, 2.24) is 20.2 Å². The molecule has 0 aliphatic carbocycles. The van der Waals surface area contributed by atoms with Gasteiger partial charge in [-0.3, -0.25) is 9.69 Å². The van der Waals surface area contributed by atoms with Crippen LogP contribution in [0.4, 0.5) is 0 Å². The first-order valence-corrected chi connectivity index (χ1v) is 9.75. The molecule has 0 spiro atoms. The van der Waals surface area contributed by atoms with E-state index in [1.807, 2.05) is 24.3 Å². The summed E-state index contributed by atoms with van der Waals surface area (Å²) in [6, 6.07) is 18.8. The minimum atomic E-state index is 0.122. The summed E-state index contributed by atoms with van der Waals surface area (Å²) >= 11 is 0. The van der Waals surface area contributed by atoms with Crippen LogP contribution in [0, 0.1) is 0 Å². The average molecular weight is 362 g/mol. The van der Waals surface area contributed by atoms with Crippen LogP contribution < -0.4 is 5.32 Å². The zero-order chi connectivity index (χ0) is 18.5. The number of fused-ring (bicyclic) bond motifs is 1. The Morgan fingerprint density at radius 2 is 1.81 bits per heavy atom. The zero-order valence-corrected chi connectivity index (χ0v) is 15.5. The van der Waals surface area contributed by atoms with Gasteiger partial charge >= 0.3 is 0 Å². The third-order valence-electron chi connectivity index (χ3n) is 5.23. The van der Waals surface area contributed by atoms with E-state index in [1.165, 1.54) is 5.56 Å². The first-order valence-electron chi connectivity index (χ1n) is 9.75. The number of imidazole rings is 1. The predicted octanol–water partition coefficient (Wildman–Crippen LogP) is 3.28. The second kappa shape index (κ2) is 8.35. The highest BCUT2D eigenvalue weighted by Gasteiger charge is 2.20. The number of benzene rings is 2. The van der Waals surface area contributed by atoms with E-state index in [2.05, 4.69) is 50.5 Å². The number of likely N-dealkylation sites (tertiary alicyclic amines) is 1. The highest BCUT2D eigenvalue weighted by Crippen LogP contribution is 2.15. The summed E-state index contributed by atoms with van der Waals surface area (Å²) in [7, 11) is 0. The smallest absolute Gasteiger partial charge is 0.220 e. The Balaban J connectivity index is 1.20. The molecule has 2 N–H and O–H groups in total. The Morgan fingerprint density at radius 3 is 2.59 bits per heavy atom. The number of amides is 1. The number of para-hydroxylation sites is 2. The number of hydrogen-bond donors (Lipinski definition) is 2. The van der Waals surface area contributed by atoms with Crippen molar-refractivity contribution in [2.45, 2.75) is 38.3 Å². The number of nitrogens with one attached hydrogen (secondary N) is 2. The minimum absolute atomic E-state index is 0.122. The van der Waals surface area contributed by atoms with Gasteiger partial charge in [-0.05, 0) is 30.5 Å². The van der Waals surface area contributed by atoms with E-state index in [4.69, 9.17) is 0 Å². The molecule has 0 saturated carbocycles. The molecule has 27 heavy (non-hydrogen) atoms. The molecule has 0 radical (unpaired) electrons. The van der Waals surface area contributed by atoms with Crippen LogP contribution >= 0.6 is 0 Å². The molecule has 3 aromatic rings. The predicted molar refractivity (Wildman–Crippen MR) is 107 cm³/mol. The number of aryl methyl sites for hydroxylation is 1. The molecule has 1 amide bonds. The van der Waals surface area contributed by atoms with Crippen molar-refractivity contribution in [2.75, 3.05) is 13.1 Å². The molecule has 5 nitrogen and oxygen atoms in total. The normalized spacial score (nSPS) is 15.9. The van der Waals surface area contributed by atoms with Gasteiger partial charge in [-0.15, -0.1) is 0 Å². The van der Waals surface area contributed by atoms with Gasteiger partial charge in [0.2, 0.25) is 5.91 Å². The highest BCUT2D eigenvalue weighted by molar-refractivity contribution is 5.77. The molecular formula is C22H26N4O. The number of H-pyrrole nitrogens is 1. The van der Waals surface area contributed by atoms with E-state index in [9.17, 15) is 4.79 Å². The van der Waals surface area contributed by atoms with Gasteiger partial charge in [-0.25, -0.2) is 4.98 Å². The molecule has 5 heteroatoms. The van der Waals surface area contributed by atoms with E-state index in [0.717, 1.165) is 49.3 Å². The molecular weight excluding hydrogens is 336 g/mol. The standard InChI is InChI=1S/C22H26N4O/c27-22(11-10-21-24-19-8-4-5-9-20(19)25-21)23-18-12-14-26(15-13-18)16-17-6-2-1-3-7-17/h1-9,18H,10-16H2,(H,23,27)(H,24,25). The summed E-state index contributed by atoms with van der Waals surface area (Å²) in [6.45, 7) is 3.06. The molecule has 1 aliphatic heterocycles. The number of carbonyl (C=O) groups excluding carboxylic acids is 1. The van der Waals surface area contributed by atoms with Gasteiger partial charge in [-0.2, -0.15) is 0 Å². The molecule has 0 bridgehead atoms. The summed E-state index contributed by atoms with van der Waals surface area (Å²) in [5, 5.41) is 3.20. The van der Waals surface area contributed by atoms with E-state index in [1.54, 1.807) is 0 Å². The van der Waals surface area contributed by atoms with Crippen LogP contribution in [0.1, 0.15) is 30.7 Å². The van der Waals surface area contributed by atoms with Crippen LogP contribution in [0.5, 0.6) is 0 Å². The molecule has 2 heterocycles. The van der Waals surface area contributed by atoms with Gasteiger partial charge in [-0.1, -0.05) is 42.5 Å². The van der Waals surface area contributed by atoms with Crippen molar-refractivity contribution in [3.63, 3.8) is 0 Å². The summed E-state index contributed by atoms with van der Waals surface area (Å²) in [5.74, 6) is 1.00. The maximum Gasteiger partial charge on any atom is 0.220 e. The fraction of sp³-hybridized carbons (Fsp3) is 0.364. The molecule has 1 aromatic heterocycles. The summed E-state index contributed by atoms with van der Waals surface area (Å²) in [4.78, 5) is 22.6. The monoisotopic (exact) mass is 362 g/mol. The molecule has 1 aliphatic rings. The van der Waals surface area contributed by atoms with Crippen molar-refractivity contribution >= 4 is 16.9 Å².